The Bertz CT molecular complexity index is 4310. The van der Waals surface area contributed by atoms with Gasteiger partial charge in [-0.3, -0.25) is 9.36 Å². The number of fused-ring (bicyclic) bond motifs is 3. The normalized spacial score (nSPS) is 17.0. The number of rotatable bonds is 21. The van der Waals surface area contributed by atoms with Gasteiger partial charge >= 0.3 is 0 Å². The lowest BCUT2D eigenvalue weighted by molar-refractivity contribution is 0.303. The topological polar surface area (TPSA) is 213 Å². The molecule has 5 aromatic carbocycles. The molecule has 1 saturated carbocycles. The number of aryl methyl sites for hydroxylation is 3. The first-order chi connectivity index (χ1) is 44.3. The average Bonchev–Trinajstić information content (AvgIpc) is 1.72. The number of nitrogens with zero attached hydrogens (tertiary/aromatic N) is 5. The van der Waals surface area contributed by atoms with Crippen LogP contribution in [-0.4, -0.2) is 81.1 Å². The van der Waals surface area contributed by atoms with Crippen LogP contribution < -0.4 is 14.2 Å². The Morgan fingerprint density at radius 2 is 0.935 bits per heavy atom. The van der Waals surface area contributed by atoms with E-state index in [9.17, 15) is 33.7 Å². The fraction of sp³-hybridized carbons (Fsp3) is 0.343. The molecule has 3 N–H and O–H groups in total. The van der Waals surface area contributed by atoms with Gasteiger partial charge in [-0.2, -0.15) is 33.7 Å². The van der Waals surface area contributed by atoms with E-state index in [-0.39, 0.29) is 23.6 Å². The second-order valence-corrected chi connectivity index (χ2v) is 33.0. The zero-order valence-corrected chi connectivity index (χ0v) is 57.2. The van der Waals surface area contributed by atoms with E-state index in [2.05, 4.69) is 54.3 Å². The highest BCUT2D eigenvalue weighted by Gasteiger charge is 2.29. The van der Waals surface area contributed by atoms with Crippen molar-refractivity contribution in [2.24, 2.45) is 5.92 Å². The lowest BCUT2D eigenvalue weighted by atomic mass is 9.85. The Labute approximate surface area is 552 Å². The van der Waals surface area contributed by atoms with Crippen LogP contribution >= 0.6 is 23.5 Å². The van der Waals surface area contributed by atoms with Crippen molar-refractivity contribution in [1.29, 1.82) is 0 Å². The molecule has 1 fully saturated rings. The molecule has 16 nitrogen and oxygen atoms in total. The van der Waals surface area contributed by atoms with Gasteiger partial charge in [-0.05, 0) is 115 Å². The first-order valence-electron chi connectivity index (χ1n) is 31.3. The minimum absolute atomic E-state index is 0.0134. The Balaban J connectivity index is 0.000000151. The van der Waals surface area contributed by atoms with Crippen LogP contribution in [0.5, 0.6) is 0 Å². The molecular weight excluding hydrogens is 1270 g/mol. The molecule has 22 heteroatoms. The fourth-order valence-electron chi connectivity index (χ4n) is 12.1. The zero-order chi connectivity index (χ0) is 64.7. The summed E-state index contributed by atoms with van der Waals surface area (Å²) < 4.78 is 115. The number of aromatic nitrogens is 5. The van der Waals surface area contributed by atoms with E-state index in [1.54, 1.807) is 17.7 Å². The van der Waals surface area contributed by atoms with Crippen LogP contribution in [-0.2, 0) is 96.1 Å². The molecule has 92 heavy (non-hydrogen) atoms. The molecule has 0 unspecified atom stereocenters. The van der Waals surface area contributed by atoms with E-state index < -0.39 is 45.9 Å². The van der Waals surface area contributed by atoms with Crippen molar-refractivity contribution in [3.63, 3.8) is 0 Å². The molecule has 0 spiro atoms. The summed E-state index contributed by atoms with van der Waals surface area (Å²) in [5.41, 5.74) is 13.7. The van der Waals surface area contributed by atoms with Gasteiger partial charge in [-0.25, -0.2) is 47.8 Å². The molecule has 3 aromatic heterocycles. The van der Waals surface area contributed by atoms with E-state index in [0.717, 1.165) is 106 Å². The summed E-state index contributed by atoms with van der Waals surface area (Å²) >= 11 is 3.78. The summed E-state index contributed by atoms with van der Waals surface area (Å²) in [5.74, 6) is 4.36. The minimum atomic E-state index is -3.77. The second-order valence-electron chi connectivity index (χ2n) is 23.8. The van der Waals surface area contributed by atoms with Crippen LogP contribution in [0.25, 0.3) is 18.2 Å². The highest BCUT2D eigenvalue weighted by atomic mass is 32.2. The maximum atomic E-state index is 12.8. The second kappa shape index (κ2) is 31.6. The van der Waals surface area contributed by atoms with Crippen molar-refractivity contribution < 1.29 is 33.7 Å². The highest BCUT2D eigenvalue weighted by Crippen LogP contribution is 2.33. The molecule has 8 aromatic rings. The zero-order valence-electron chi connectivity index (χ0n) is 52.3. The minimum Gasteiger partial charge on any atom is -0.343 e. The molecular formula is C70H82N8O8S6. The van der Waals surface area contributed by atoms with Crippen LogP contribution in [0.2, 0.25) is 0 Å². The third-order valence-corrected chi connectivity index (χ3v) is 24.0. The number of nitrogens with one attached hydrogen (secondary N) is 3. The van der Waals surface area contributed by atoms with Gasteiger partial charge in [-0.1, -0.05) is 171 Å². The Morgan fingerprint density at radius 1 is 0.511 bits per heavy atom. The van der Waals surface area contributed by atoms with Gasteiger partial charge in [0.25, 0.3) is 0 Å². The van der Waals surface area contributed by atoms with Crippen molar-refractivity contribution in [3.05, 3.63) is 253 Å². The van der Waals surface area contributed by atoms with Gasteiger partial charge in [0.15, 0.2) is 9.84 Å². The van der Waals surface area contributed by atoms with Crippen LogP contribution in [0, 0.1) is 5.92 Å². The van der Waals surface area contributed by atoms with Crippen molar-refractivity contribution in [2.75, 3.05) is 17.3 Å². The molecule has 486 valence electrons. The Hall–Kier alpha value is -6.60. The van der Waals surface area contributed by atoms with Gasteiger partial charge in [-0.15, -0.1) is 0 Å². The van der Waals surface area contributed by atoms with Gasteiger partial charge in [0.05, 0.1) is 47.4 Å². The first-order valence-corrected chi connectivity index (χ1v) is 40.1. The summed E-state index contributed by atoms with van der Waals surface area (Å²) in [6.45, 7) is 7.42. The number of benzene rings is 5. The SMILES string of the molecule is C[C@@H](NS(=O)(=O)/C=C/c1c2c(cn1Cc1ccccc1)CCSC2)C1CCCCC1.C[C@@H](NS(=O)(=O)/C=C/c1c2c(nn1Cc1ccccc1)CCS(=O)(=O)C2)c1ccccc1.C[C@H](NS(=O)(=O)/C=C/c1c2c(nn1Cc1ccccc1)CCSC2)c1ccccc1. The largest absolute Gasteiger partial charge is 0.343 e. The molecule has 0 bridgehead atoms. The quantitative estimate of drug-likeness (QED) is 0.0613. The van der Waals surface area contributed by atoms with Crippen LogP contribution in [0.1, 0.15) is 143 Å². The van der Waals surface area contributed by atoms with Crippen LogP contribution in [0.15, 0.2) is 174 Å². The molecule has 3 aliphatic heterocycles. The van der Waals surface area contributed by atoms with E-state index in [4.69, 9.17) is 5.10 Å². The lowest BCUT2D eigenvalue weighted by Gasteiger charge is -2.27. The first kappa shape index (κ1) is 68.3. The molecule has 1 aliphatic carbocycles. The van der Waals surface area contributed by atoms with E-state index >= 15 is 0 Å². The van der Waals surface area contributed by atoms with Crippen molar-refractivity contribution >= 4 is 81.7 Å². The third-order valence-electron chi connectivity index (χ3n) is 16.9. The van der Waals surface area contributed by atoms with Crippen molar-refractivity contribution in [2.45, 2.75) is 127 Å². The summed E-state index contributed by atoms with van der Waals surface area (Å²) in [4.78, 5) is 0. The molecule has 3 atom stereocenters. The maximum absolute atomic E-state index is 12.8. The Morgan fingerprint density at radius 3 is 1.45 bits per heavy atom. The van der Waals surface area contributed by atoms with Crippen LogP contribution in [0.3, 0.4) is 0 Å². The molecule has 6 heterocycles. The maximum Gasteiger partial charge on any atom is 0.234 e. The molecule has 0 amide bonds. The van der Waals surface area contributed by atoms with Crippen LogP contribution in [0.4, 0.5) is 0 Å². The lowest BCUT2D eigenvalue weighted by Crippen LogP contribution is -2.37. The molecule has 0 radical (unpaired) electrons. The fourth-order valence-corrected chi connectivity index (χ4v) is 18.6. The predicted octanol–water partition coefficient (Wildman–Crippen LogP) is 12.6. The standard InChI is InChI=1S/C24H32N2O2S2.C23H25N3O4S2.C23H25N3O2S2/c1-19(21-10-6-3-7-11-21)25-30(27,28)15-13-24-23-18-29-14-12-22(23)17-26(24)16-20-8-4-2-5-9-20;1-18(20-10-6-3-7-11-20)25-32(29,30)15-13-23-21-17-31(27,28)14-12-22(21)24-26(23)16-19-8-4-2-5-9-19;1-18(20-10-6-3-7-11-20)25-30(27,28)15-13-23-21-17-29-14-12-22(21)24-26(23)16-19-8-4-2-5-9-19/h2,4-5,8-9,13,15,17,19,21,25H,3,6-7,10-12,14,16,18H2,1H3;2-11,13,15,18,25H,12,14,16-17H2,1H3;2-11,13,15,18,25H,12,14,16-17H2,1H3/b3*15-13+/t19-;2*18-/m110/s1. The average molecular weight is 1360 g/mol. The van der Waals surface area contributed by atoms with Gasteiger partial charge in [0, 0.05) is 88.3 Å². The third kappa shape index (κ3) is 19.3. The number of sulfonamides is 3. The number of thioether (sulfide) groups is 2. The van der Waals surface area contributed by atoms with E-state index in [1.807, 2.05) is 176 Å². The number of hydrogen-bond acceptors (Lipinski definition) is 12. The predicted molar refractivity (Wildman–Crippen MR) is 375 cm³/mol. The van der Waals surface area contributed by atoms with Crippen molar-refractivity contribution in [1.82, 2.24) is 38.3 Å². The summed E-state index contributed by atoms with van der Waals surface area (Å²) in [6, 6.07) is 48.2. The van der Waals surface area contributed by atoms with E-state index in [1.165, 1.54) is 52.8 Å². The van der Waals surface area contributed by atoms with Gasteiger partial charge in [0.1, 0.15) is 0 Å². The van der Waals surface area contributed by atoms with Gasteiger partial charge < -0.3 is 4.57 Å². The number of sulfone groups is 1. The summed E-state index contributed by atoms with van der Waals surface area (Å²) in [6.07, 6.45) is 15.4. The smallest absolute Gasteiger partial charge is 0.234 e. The monoisotopic (exact) mass is 1350 g/mol. The van der Waals surface area contributed by atoms with Gasteiger partial charge in [0.2, 0.25) is 30.1 Å². The number of hydrogen-bond donors (Lipinski definition) is 3. The molecule has 4 aliphatic rings. The van der Waals surface area contributed by atoms with Crippen molar-refractivity contribution in [3.8, 4) is 0 Å². The van der Waals surface area contributed by atoms with E-state index in [0.29, 0.717) is 42.4 Å². The summed E-state index contributed by atoms with van der Waals surface area (Å²) in [5, 5.41) is 13.1. The highest BCUT2D eigenvalue weighted by molar-refractivity contribution is 7.98. The molecule has 12 rings (SSSR count). The molecule has 0 saturated heterocycles. The Kier molecular flexibility index (Phi) is 23.4. The summed E-state index contributed by atoms with van der Waals surface area (Å²) in [7, 11) is -14.1.